The molecule has 144 valence electrons. The fourth-order valence-electron chi connectivity index (χ4n) is 2.90. The number of ether oxygens (including phenoxy) is 1. The van der Waals surface area contributed by atoms with Crippen LogP contribution in [0, 0.1) is 0 Å². The van der Waals surface area contributed by atoms with E-state index < -0.39 is 16.4 Å². The van der Waals surface area contributed by atoms with Crippen LogP contribution in [0.4, 0.5) is 8.78 Å². The van der Waals surface area contributed by atoms with Gasteiger partial charge in [0.2, 0.25) is 5.91 Å². The maximum Gasteiger partial charge on any atom is 0.387 e. The molecule has 1 aromatic carbocycles. The van der Waals surface area contributed by atoms with Gasteiger partial charge in [0, 0.05) is 24.2 Å². The number of sulfone groups is 1. The molecule has 0 aromatic heterocycles. The van der Waals surface area contributed by atoms with Gasteiger partial charge in [0.15, 0.2) is 9.84 Å². The van der Waals surface area contributed by atoms with Gasteiger partial charge in [-0.15, -0.1) is 0 Å². The number of benzene rings is 1. The molecule has 1 atom stereocenters. The summed E-state index contributed by atoms with van der Waals surface area (Å²) in [4.78, 5) is 14.2. The van der Waals surface area contributed by atoms with Gasteiger partial charge in [-0.25, -0.2) is 8.42 Å². The predicted molar refractivity (Wildman–Crippen MR) is 95.8 cm³/mol. The Balaban J connectivity index is 2.15. The molecule has 0 aliphatic carbocycles. The first-order valence-corrected chi connectivity index (χ1v) is 10.4. The third kappa shape index (κ3) is 5.79. The Morgan fingerprint density at radius 1 is 1.38 bits per heavy atom. The molecule has 1 aliphatic rings. The number of alkyl halides is 2. The van der Waals surface area contributed by atoms with E-state index in [1.807, 2.05) is 6.92 Å². The van der Waals surface area contributed by atoms with Crippen LogP contribution in [0.3, 0.4) is 0 Å². The van der Waals surface area contributed by atoms with Crippen LogP contribution in [0.15, 0.2) is 30.3 Å². The number of halogens is 2. The van der Waals surface area contributed by atoms with E-state index >= 15 is 0 Å². The van der Waals surface area contributed by atoms with Crippen LogP contribution in [0.1, 0.15) is 31.7 Å². The summed E-state index contributed by atoms with van der Waals surface area (Å²) in [6, 6.07) is 5.85. The van der Waals surface area contributed by atoms with E-state index in [4.69, 9.17) is 0 Å². The van der Waals surface area contributed by atoms with Crippen LogP contribution in [0.2, 0.25) is 0 Å². The van der Waals surface area contributed by atoms with Gasteiger partial charge in [0.05, 0.1) is 11.5 Å². The van der Waals surface area contributed by atoms with Crippen LogP contribution < -0.4 is 4.74 Å². The summed E-state index contributed by atoms with van der Waals surface area (Å²) in [5.74, 6) is -0.286. The lowest BCUT2D eigenvalue weighted by atomic mass is 10.1. The number of para-hydroxylation sites is 1. The highest BCUT2D eigenvalue weighted by molar-refractivity contribution is 7.91. The number of unbranched alkanes of at least 4 members (excludes halogenated alkanes) is 1. The quantitative estimate of drug-likeness (QED) is 0.643. The van der Waals surface area contributed by atoms with E-state index in [-0.39, 0.29) is 29.2 Å². The Kier molecular flexibility index (Phi) is 7.14. The first kappa shape index (κ1) is 20.4. The third-order valence-electron chi connectivity index (χ3n) is 4.23. The van der Waals surface area contributed by atoms with E-state index in [1.165, 1.54) is 18.2 Å². The van der Waals surface area contributed by atoms with Crippen LogP contribution in [-0.2, 0) is 14.6 Å². The second-order valence-corrected chi connectivity index (χ2v) is 8.42. The molecule has 1 heterocycles. The fraction of sp³-hybridized carbons (Fsp3) is 0.500. The highest BCUT2D eigenvalue weighted by Crippen LogP contribution is 2.23. The fourth-order valence-corrected chi connectivity index (χ4v) is 4.63. The van der Waals surface area contributed by atoms with Crippen molar-refractivity contribution >= 4 is 21.8 Å². The number of carbonyl (C=O) groups excluding carboxylic acids is 1. The van der Waals surface area contributed by atoms with E-state index in [1.54, 1.807) is 23.1 Å². The molecule has 0 bridgehead atoms. The number of amides is 1. The molecule has 5 nitrogen and oxygen atoms in total. The van der Waals surface area contributed by atoms with E-state index in [0.29, 0.717) is 18.5 Å². The number of nitrogens with zero attached hydrogens (tertiary/aromatic N) is 1. The Morgan fingerprint density at radius 2 is 2.12 bits per heavy atom. The largest absolute Gasteiger partial charge is 0.434 e. The minimum atomic E-state index is -3.11. The maximum atomic E-state index is 12.6. The topological polar surface area (TPSA) is 63.7 Å². The van der Waals surface area contributed by atoms with Gasteiger partial charge in [-0.05, 0) is 25.0 Å². The summed E-state index contributed by atoms with van der Waals surface area (Å²) in [6.07, 6.45) is 4.77. The molecule has 1 unspecified atom stereocenters. The molecule has 8 heteroatoms. The van der Waals surface area contributed by atoms with Crippen molar-refractivity contribution in [1.29, 1.82) is 0 Å². The lowest BCUT2D eigenvalue weighted by molar-refractivity contribution is -0.127. The van der Waals surface area contributed by atoms with Gasteiger partial charge in [0.25, 0.3) is 0 Å². The molecule has 2 rings (SSSR count). The Labute approximate surface area is 152 Å². The smallest absolute Gasteiger partial charge is 0.387 e. The molecular formula is C18H23F2NO4S. The summed E-state index contributed by atoms with van der Waals surface area (Å²) in [5.41, 5.74) is 0.357. The first-order valence-electron chi connectivity index (χ1n) is 8.55. The molecular weight excluding hydrogens is 364 g/mol. The molecule has 1 aliphatic heterocycles. The summed E-state index contributed by atoms with van der Waals surface area (Å²) in [6.45, 7) is -0.498. The monoisotopic (exact) mass is 387 g/mol. The van der Waals surface area contributed by atoms with Crippen molar-refractivity contribution in [3.05, 3.63) is 35.9 Å². The number of hydrogen-bond acceptors (Lipinski definition) is 4. The summed E-state index contributed by atoms with van der Waals surface area (Å²) >= 11 is 0. The Hall–Kier alpha value is -1.96. The van der Waals surface area contributed by atoms with Crippen molar-refractivity contribution in [3.63, 3.8) is 0 Å². The molecule has 1 saturated heterocycles. The Morgan fingerprint density at radius 3 is 2.73 bits per heavy atom. The zero-order chi connectivity index (χ0) is 19.2. The highest BCUT2D eigenvalue weighted by Gasteiger charge is 2.33. The third-order valence-corrected chi connectivity index (χ3v) is 5.98. The Bertz CT molecular complexity index is 749. The summed E-state index contributed by atoms with van der Waals surface area (Å²) in [5, 5.41) is 0. The van der Waals surface area contributed by atoms with Crippen LogP contribution in [0.5, 0.6) is 5.75 Å². The number of carbonyl (C=O) groups is 1. The van der Waals surface area contributed by atoms with Crippen molar-refractivity contribution in [3.8, 4) is 5.75 Å². The highest BCUT2D eigenvalue weighted by atomic mass is 32.2. The van der Waals surface area contributed by atoms with Gasteiger partial charge in [-0.1, -0.05) is 31.5 Å². The van der Waals surface area contributed by atoms with Gasteiger partial charge in [-0.3, -0.25) is 4.79 Å². The zero-order valence-corrected chi connectivity index (χ0v) is 15.4. The van der Waals surface area contributed by atoms with E-state index in [9.17, 15) is 22.0 Å². The SMILES string of the molecule is CCCCN(C(=O)/C=C/c1ccccc1OC(F)F)C1CCS(=O)(=O)C1. The molecule has 0 N–H and O–H groups in total. The molecule has 26 heavy (non-hydrogen) atoms. The van der Waals surface area contributed by atoms with E-state index in [2.05, 4.69) is 4.74 Å². The maximum absolute atomic E-state index is 12.6. The van der Waals surface area contributed by atoms with Gasteiger partial charge < -0.3 is 9.64 Å². The minimum absolute atomic E-state index is 0.0184. The van der Waals surface area contributed by atoms with Gasteiger partial charge >= 0.3 is 6.61 Å². The normalized spacial score (nSPS) is 19.2. The van der Waals surface area contributed by atoms with E-state index in [0.717, 1.165) is 12.8 Å². The molecule has 0 radical (unpaired) electrons. The first-order chi connectivity index (χ1) is 12.3. The molecule has 0 saturated carbocycles. The minimum Gasteiger partial charge on any atom is -0.434 e. The predicted octanol–water partition coefficient (Wildman–Crippen LogP) is 3.12. The van der Waals surface area contributed by atoms with Crippen LogP contribution in [-0.4, -0.2) is 49.9 Å². The van der Waals surface area contributed by atoms with Crippen LogP contribution in [0.25, 0.3) is 6.08 Å². The number of hydrogen-bond donors (Lipinski definition) is 0. The zero-order valence-electron chi connectivity index (χ0n) is 14.6. The summed E-state index contributed by atoms with van der Waals surface area (Å²) in [7, 11) is -3.11. The second-order valence-electron chi connectivity index (χ2n) is 6.19. The molecule has 1 fully saturated rings. The molecule has 1 amide bonds. The lowest BCUT2D eigenvalue weighted by Gasteiger charge is -2.27. The van der Waals surface area contributed by atoms with Crippen molar-refractivity contribution in [2.75, 3.05) is 18.1 Å². The second kappa shape index (κ2) is 9.12. The van der Waals surface area contributed by atoms with Crippen molar-refractivity contribution in [2.24, 2.45) is 0 Å². The summed E-state index contributed by atoms with van der Waals surface area (Å²) < 4.78 is 52.8. The molecule has 1 aromatic rings. The standard InChI is InChI=1S/C18H23F2NO4S/c1-2-3-11-21(15-10-12-26(23,24)13-15)17(22)9-8-14-6-4-5-7-16(14)25-18(19)20/h4-9,15,18H,2-3,10-13H2,1H3/b9-8+. The van der Waals surface area contributed by atoms with Crippen molar-refractivity contribution < 1.29 is 26.7 Å². The lowest BCUT2D eigenvalue weighted by Crippen LogP contribution is -2.40. The van der Waals surface area contributed by atoms with Crippen LogP contribution >= 0.6 is 0 Å². The van der Waals surface area contributed by atoms with Gasteiger partial charge in [-0.2, -0.15) is 8.78 Å². The average Bonchev–Trinajstić information content (AvgIpc) is 2.93. The number of rotatable bonds is 8. The van der Waals surface area contributed by atoms with Crippen molar-refractivity contribution in [2.45, 2.75) is 38.8 Å². The molecule has 0 spiro atoms. The van der Waals surface area contributed by atoms with Crippen molar-refractivity contribution in [1.82, 2.24) is 4.90 Å². The van der Waals surface area contributed by atoms with Gasteiger partial charge in [0.1, 0.15) is 5.75 Å². The average molecular weight is 387 g/mol.